The first kappa shape index (κ1) is 25.3. The van der Waals surface area contributed by atoms with E-state index in [1.807, 2.05) is 6.92 Å². The van der Waals surface area contributed by atoms with Gasteiger partial charge in [0.25, 0.3) is 0 Å². The maximum atomic E-state index is 11.8. The number of halogens is 1. The lowest BCUT2D eigenvalue weighted by Crippen LogP contribution is -2.50. The molecule has 0 bridgehead atoms. The van der Waals surface area contributed by atoms with Crippen molar-refractivity contribution in [3.05, 3.63) is 29.8 Å². The van der Waals surface area contributed by atoms with E-state index in [-0.39, 0.29) is 30.1 Å². The van der Waals surface area contributed by atoms with Crippen LogP contribution in [0.1, 0.15) is 32.3 Å². The Labute approximate surface area is 192 Å². The number of hydrogen-bond donors (Lipinski definition) is 2. The van der Waals surface area contributed by atoms with E-state index in [9.17, 15) is 4.79 Å². The molecule has 164 valence electrons. The Morgan fingerprint density at radius 1 is 1.31 bits per heavy atom. The van der Waals surface area contributed by atoms with Crippen molar-refractivity contribution in [3.63, 3.8) is 0 Å². The molecule has 2 rings (SSSR count). The number of carbonyl (C=O) groups is 1. The summed E-state index contributed by atoms with van der Waals surface area (Å²) in [4.78, 5) is 20.3. The Bertz CT molecular complexity index is 648. The molecule has 1 aromatic carbocycles. The van der Waals surface area contributed by atoms with Crippen molar-refractivity contribution in [2.45, 2.75) is 39.7 Å². The molecule has 1 amide bonds. The number of rotatable bonds is 7. The zero-order valence-electron chi connectivity index (χ0n) is 18.1. The van der Waals surface area contributed by atoms with E-state index in [1.165, 1.54) is 11.3 Å². The van der Waals surface area contributed by atoms with Crippen molar-refractivity contribution in [2.75, 3.05) is 51.3 Å². The fourth-order valence-corrected chi connectivity index (χ4v) is 3.41. The lowest BCUT2D eigenvalue weighted by molar-refractivity contribution is 0.0963. The first-order valence-electron chi connectivity index (χ1n) is 10.3. The van der Waals surface area contributed by atoms with Gasteiger partial charge in [0.1, 0.15) is 0 Å². The molecular formula is C21H36IN5O2. The Morgan fingerprint density at radius 2 is 2.03 bits per heavy atom. The minimum Gasteiger partial charge on any atom is -0.450 e. The van der Waals surface area contributed by atoms with E-state index in [4.69, 9.17) is 4.74 Å². The van der Waals surface area contributed by atoms with Gasteiger partial charge in [-0.2, -0.15) is 0 Å². The van der Waals surface area contributed by atoms with Crippen LogP contribution in [0.4, 0.5) is 10.5 Å². The first-order chi connectivity index (χ1) is 13.6. The number of likely N-dealkylation sites (tertiary alicyclic amines) is 1. The van der Waals surface area contributed by atoms with Gasteiger partial charge in [-0.15, -0.1) is 24.0 Å². The Kier molecular flexibility index (Phi) is 11.8. The van der Waals surface area contributed by atoms with Crippen molar-refractivity contribution >= 4 is 41.7 Å². The molecule has 0 saturated carbocycles. The monoisotopic (exact) mass is 517 g/mol. The van der Waals surface area contributed by atoms with Crippen LogP contribution >= 0.6 is 24.0 Å². The van der Waals surface area contributed by atoms with Gasteiger partial charge in [0.2, 0.25) is 0 Å². The topological polar surface area (TPSA) is 69.2 Å². The normalized spacial score (nSPS) is 14.8. The molecule has 8 heteroatoms. The molecule has 0 aliphatic carbocycles. The third-order valence-electron chi connectivity index (χ3n) is 5.01. The summed E-state index contributed by atoms with van der Waals surface area (Å²) in [5.41, 5.74) is 2.52. The number of likely N-dealkylation sites (N-methyl/N-ethyl adjacent to an activating group) is 1. The van der Waals surface area contributed by atoms with E-state index in [2.05, 4.69) is 58.6 Å². The van der Waals surface area contributed by atoms with E-state index in [0.29, 0.717) is 25.7 Å². The predicted molar refractivity (Wildman–Crippen MR) is 131 cm³/mol. The lowest BCUT2D eigenvalue weighted by Gasteiger charge is -2.32. The van der Waals surface area contributed by atoms with E-state index < -0.39 is 0 Å². The summed E-state index contributed by atoms with van der Waals surface area (Å²) in [7, 11) is 1.79. The second kappa shape index (κ2) is 13.5. The molecule has 1 aromatic rings. The Morgan fingerprint density at radius 3 is 2.62 bits per heavy atom. The molecule has 1 aliphatic rings. The van der Waals surface area contributed by atoms with Gasteiger partial charge in [0.05, 0.1) is 6.61 Å². The number of amides is 1. The number of benzene rings is 1. The molecule has 29 heavy (non-hydrogen) atoms. The minimum atomic E-state index is -0.209. The summed E-state index contributed by atoms with van der Waals surface area (Å²) in [6.45, 7) is 10.6. The lowest BCUT2D eigenvalue weighted by atomic mass is 10.1. The van der Waals surface area contributed by atoms with Crippen LogP contribution in [0.5, 0.6) is 0 Å². The van der Waals surface area contributed by atoms with Crippen LogP contribution in [0.25, 0.3) is 0 Å². The second-order valence-corrected chi connectivity index (χ2v) is 7.02. The smallest absolute Gasteiger partial charge is 0.409 e. The molecule has 0 radical (unpaired) electrons. The average molecular weight is 517 g/mol. The average Bonchev–Trinajstić information content (AvgIpc) is 2.71. The summed E-state index contributed by atoms with van der Waals surface area (Å²) in [5.74, 6) is 0.815. The third kappa shape index (κ3) is 8.28. The number of nitrogens with one attached hydrogen (secondary N) is 2. The fraction of sp³-hybridized carbons (Fsp3) is 0.619. The first-order valence-corrected chi connectivity index (χ1v) is 10.3. The Balaban J connectivity index is 0.00000420. The molecule has 0 unspecified atom stereocenters. The quantitative estimate of drug-likeness (QED) is 0.330. The largest absolute Gasteiger partial charge is 0.450 e. The molecule has 1 aliphatic heterocycles. The molecular weight excluding hydrogens is 481 g/mol. The van der Waals surface area contributed by atoms with Crippen LogP contribution in [-0.4, -0.2) is 69.4 Å². The number of carbonyl (C=O) groups excluding carboxylic acids is 1. The van der Waals surface area contributed by atoms with Gasteiger partial charge in [-0.25, -0.2) is 4.79 Å². The van der Waals surface area contributed by atoms with Gasteiger partial charge >= 0.3 is 6.09 Å². The number of piperidine rings is 1. The van der Waals surface area contributed by atoms with Crippen molar-refractivity contribution in [2.24, 2.45) is 4.99 Å². The van der Waals surface area contributed by atoms with E-state index in [0.717, 1.165) is 38.4 Å². The molecule has 0 atom stereocenters. The van der Waals surface area contributed by atoms with Gasteiger partial charge in [0.15, 0.2) is 5.96 Å². The van der Waals surface area contributed by atoms with Crippen LogP contribution in [0.3, 0.4) is 0 Å². The minimum absolute atomic E-state index is 0. The second-order valence-electron chi connectivity index (χ2n) is 7.02. The van der Waals surface area contributed by atoms with Gasteiger partial charge in [-0.05, 0) is 51.3 Å². The summed E-state index contributed by atoms with van der Waals surface area (Å²) in [6.07, 6.45) is 1.58. The highest BCUT2D eigenvalue weighted by atomic mass is 127. The van der Waals surface area contributed by atoms with Crippen molar-refractivity contribution in [1.82, 2.24) is 15.5 Å². The number of hydrogen-bond acceptors (Lipinski definition) is 4. The third-order valence-corrected chi connectivity index (χ3v) is 5.01. The summed E-state index contributed by atoms with van der Waals surface area (Å²) in [5, 5.41) is 6.89. The molecule has 2 N–H and O–H groups in total. The highest BCUT2D eigenvalue weighted by Gasteiger charge is 2.24. The molecule has 0 spiro atoms. The Hall–Kier alpha value is -1.71. The fourth-order valence-electron chi connectivity index (χ4n) is 3.41. The van der Waals surface area contributed by atoms with Crippen LogP contribution in [0.2, 0.25) is 0 Å². The van der Waals surface area contributed by atoms with Crippen molar-refractivity contribution < 1.29 is 9.53 Å². The van der Waals surface area contributed by atoms with E-state index >= 15 is 0 Å². The van der Waals surface area contributed by atoms with Gasteiger partial charge in [-0.1, -0.05) is 12.1 Å². The van der Waals surface area contributed by atoms with E-state index in [1.54, 1.807) is 11.9 Å². The van der Waals surface area contributed by atoms with Gasteiger partial charge < -0.3 is 25.2 Å². The number of anilines is 1. The van der Waals surface area contributed by atoms with Crippen LogP contribution in [0, 0.1) is 6.92 Å². The van der Waals surface area contributed by atoms with Crippen LogP contribution < -0.4 is 15.5 Å². The van der Waals surface area contributed by atoms with Crippen LogP contribution in [-0.2, 0) is 4.74 Å². The highest BCUT2D eigenvalue weighted by Crippen LogP contribution is 2.15. The zero-order valence-corrected chi connectivity index (χ0v) is 20.4. The zero-order chi connectivity index (χ0) is 20.4. The number of aliphatic imine (C=N–C) groups is 1. The number of guanidine groups is 1. The van der Waals surface area contributed by atoms with Crippen molar-refractivity contribution in [1.29, 1.82) is 0 Å². The molecule has 7 nitrogen and oxygen atoms in total. The van der Waals surface area contributed by atoms with Crippen molar-refractivity contribution in [3.8, 4) is 0 Å². The molecule has 1 fully saturated rings. The van der Waals surface area contributed by atoms with Crippen LogP contribution in [0.15, 0.2) is 29.3 Å². The van der Waals surface area contributed by atoms with Gasteiger partial charge in [0, 0.05) is 51.5 Å². The SMILES string of the molecule is CCOC(=O)N1CCC(NC(=NC)NCCN(CC)c2cccc(C)c2)CC1.I. The summed E-state index contributed by atoms with van der Waals surface area (Å²) in [6, 6.07) is 8.91. The highest BCUT2D eigenvalue weighted by molar-refractivity contribution is 14.0. The number of aryl methyl sites for hydroxylation is 1. The molecule has 1 saturated heterocycles. The maximum Gasteiger partial charge on any atom is 0.409 e. The summed E-state index contributed by atoms with van der Waals surface area (Å²) >= 11 is 0. The molecule has 0 aromatic heterocycles. The summed E-state index contributed by atoms with van der Waals surface area (Å²) < 4.78 is 5.07. The maximum absolute atomic E-state index is 11.8. The number of ether oxygens (including phenoxy) is 1. The van der Waals surface area contributed by atoms with Gasteiger partial charge in [-0.3, -0.25) is 4.99 Å². The molecule has 1 heterocycles. The number of nitrogens with zero attached hydrogens (tertiary/aromatic N) is 3. The standard InChI is InChI=1S/C21H35N5O2.HI/c1-5-25(19-9-7-8-17(3)16-19)15-12-23-20(22-4)24-18-10-13-26(14-11-18)21(27)28-6-2;/h7-9,16,18H,5-6,10-15H2,1-4H3,(H2,22,23,24);1H. The predicted octanol–water partition coefficient (Wildman–Crippen LogP) is 3.23.